The number of ether oxygens (including phenoxy) is 7. The Kier molecular flexibility index (Phi) is 38.7. The number of carbonyl (C=O) groups excluding carboxylic acids is 15. The Balaban J connectivity index is 1.67. The van der Waals surface area contributed by atoms with Crippen molar-refractivity contribution in [3.05, 3.63) is 90.2 Å². The molecule has 2 aromatic rings. The van der Waals surface area contributed by atoms with Crippen molar-refractivity contribution in [1.29, 1.82) is 0 Å². The van der Waals surface area contributed by atoms with E-state index in [0.717, 1.165) is 28.7 Å². The molecule has 2 heterocycles. The van der Waals surface area contributed by atoms with Crippen LogP contribution in [0.1, 0.15) is 127 Å². The molecule has 2 aromatic carbocycles. The van der Waals surface area contributed by atoms with Crippen molar-refractivity contribution in [1.82, 2.24) is 56.8 Å². The van der Waals surface area contributed by atoms with E-state index < -0.39 is 211 Å². The number of likely N-dealkylation sites (N-methyl/N-ethyl adjacent to an activating group) is 3. The maximum Gasteiger partial charge on any atom is 0.508 e. The zero-order valence-corrected chi connectivity index (χ0v) is 67.8. The van der Waals surface area contributed by atoms with Crippen LogP contribution in [0.2, 0.25) is 0 Å². The Hall–Kier alpha value is -10.5. The number of hydrogen-bond acceptors (Lipinski definition) is 26. The fourth-order valence-electron chi connectivity index (χ4n) is 11.9. The molecular weight excluding hydrogens is 1490 g/mol. The van der Waals surface area contributed by atoms with Crippen molar-refractivity contribution >= 4 is 94.7 Å². The lowest BCUT2D eigenvalue weighted by Gasteiger charge is -2.39. The molecule has 0 aliphatic carbocycles. The summed E-state index contributed by atoms with van der Waals surface area (Å²) in [4.78, 5) is 215. The van der Waals surface area contributed by atoms with Crippen molar-refractivity contribution in [2.45, 2.75) is 220 Å². The van der Waals surface area contributed by atoms with Crippen LogP contribution in [0.15, 0.2) is 79.0 Å². The molecule has 0 radical (unpaired) electrons. The van der Waals surface area contributed by atoms with Gasteiger partial charge in [-0.1, -0.05) is 111 Å². The Morgan fingerprint density at radius 2 is 1.37 bits per heavy atom. The van der Waals surface area contributed by atoms with Gasteiger partial charge in [0.1, 0.15) is 67.1 Å². The molecule has 1 fully saturated rings. The van der Waals surface area contributed by atoms with E-state index in [1.165, 1.54) is 132 Å². The number of hydrogen-bond donors (Lipinski definition) is 11. The van der Waals surface area contributed by atoms with Gasteiger partial charge in [0.25, 0.3) is 11.8 Å². The van der Waals surface area contributed by atoms with Crippen LogP contribution in [0.3, 0.4) is 0 Å². The first-order chi connectivity index (χ1) is 53.5. The van der Waals surface area contributed by atoms with E-state index in [1.807, 2.05) is 0 Å². The van der Waals surface area contributed by atoms with Crippen molar-refractivity contribution in [3.8, 4) is 0 Å². The highest BCUT2D eigenvalue weighted by Crippen LogP contribution is 2.26. The number of cyclic esters (lactones) is 2. The average Bonchev–Trinajstić information content (AvgIpc) is 1.49. The Bertz CT molecular complexity index is 3710. The molecule has 15 atom stereocenters. The van der Waals surface area contributed by atoms with Crippen LogP contribution in [0, 0.1) is 23.7 Å². The van der Waals surface area contributed by atoms with Crippen LogP contribution in [0.25, 0.3) is 0 Å². The number of aliphatic hydroxyl groups is 2. The number of benzene rings is 2. The molecular formula is C77H115N13O24. The second kappa shape index (κ2) is 46.0. The standard InChI is InChI=1S/C77H115N13O24/c1-19-54(92)84-61(65(43(8)9)114-77(107)110-39-50-27-29-51(30-28-50)82-68(98)52(26-23-34-79-76(78)106)83-69(99)58(40(2)3)85-55(93)33-36-109-37-35-90-56(94)31-32-57(90)95)74(104)112-63(41(4)5)59-72(102)89(17)62(47(13)108-18)75(105)113-64(42(6)7)60(81-48(14)91)73(103)111-53(38-49-24-21-20-22-25-49)71(101)88(16)45(11)66(96)80-44(10)70(100)87(15)46(12)67(97)86-59/h20-22,24-25,27-32,40-44,46-47,52-53,56,58-65,76,79,94,106H,11,19,23,26,33-39,78H2,1-10,12-18H3,(H,80,96)(H,81,91)(H,82,98)(H,83,99)(H,84,92)(H,85,93)(H,86,97)/t44-,46-,47+,52-,53+,56?,58-,59-,60-,61-,62-,63+,64+,65+,76?/m0/s1. The molecule has 632 valence electrons. The number of nitrogens with one attached hydrogen (secondary N) is 8. The topological polar surface area (TPSA) is 496 Å². The van der Waals surface area contributed by atoms with Crippen LogP contribution >= 0.6 is 0 Å². The minimum Gasteiger partial charge on any atom is -0.458 e. The molecule has 2 aliphatic rings. The van der Waals surface area contributed by atoms with Gasteiger partial charge in [-0.3, -0.25) is 63.8 Å². The summed E-state index contributed by atoms with van der Waals surface area (Å²) in [5.74, 6) is -15.9. The van der Waals surface area contributed by atoms with Crippen LogP contribution in [-0.4, -0.2) is 265 Å². The second-order valence-corrected chi connectivity index (χ2v) is 29.1. The normalized spacial score (nSPS) is 21.7. The van der Waals surface area contributed by atoms with Gasteiger partial charge in [-0.05, 0) is 93.2 Å². The smallest absolute Gasteiger partial charge is 0.458 e. The third-order valence-corrected chi connectivity index (χ3v) is 18.9. The largest absolute Gasteiger partial charge is 0.508 e. The molecule has 114 heavy (non-hydrogen) atoms. The van der Waals surface area contributed by atoms with Gasteiger partial charge in [0.2, 0.25) is 53.2 Å². The van der Waals surface area contributed by atoms with Gasteiger partial charge in [0, 0.05) is 72.7 Å². The Morgan fingerprint density at radius 1 is 0.728 bits per heavy atom. The lowest BCUT2D eigenvalue weighted by atomic mass is 9.95. The predicted molar refractivity (Wildman–Crippen MR) is 409 cm³/mol. The first-order valence-corrected chi connectivity index (χ1v) is 37.7. The Labute approximate surface area is 663 Å². The number of nitrogens with zero attached hydrogens (tertiary/aromatic N) is 4. The third kappa shape index (κ3) is 28.9. The SMILES string of the molecule is C=C1C(=O)N[C@@H](C)C(=O)N(C)[C@@H](C)C(=O)N[C@@H]([C@H](OC(=O)[C@@H](NC(=O)CC)[C@H](OC(=O)OCc2ccc(NC(=O)[C@H](CCCNC(N)O)NC(=O)[C@@H](NC(=O)CCOCCN3C(=O)C=CC3O)C(C)C)cc2)C(C)C)C(C)C)C(=O)N(C)[C@@H]([C@@H](C)OC)C(=O)O[C@H](C(C)C)[C@H](NC(C)=O)C(=O)O[C@H](Cc2ccccc2)C(=O)N1C. The number of anilines is 1. The van der Waals surface area contributed by atoms with Crippen LogP contribution < -0.4 is 48.3 Å². The summed E-state index contributed by atoms with van der Waals surface area (Å²) >= 11 is 0. The van der Waals surface area contributed by atoms with Crippen LogP contribution in [0.4, 0.5) is 10.5 Å². The molecule has 0 saturated carbocycles. The summed E-state index contributed by atoms with van der Waals surface area (Å²) in [5, 5.41) is 40.3. The maximum absolute atomic E-state index is 15.7. The molecule has 2 unspecified atom stereocenters. The number of esters is 3. The van der Waals surface area contributed by atoms with Crippen molar-refractivity contribution < 1.29 is 115 Å². The van der Waals surface area contributed by atoms with Gasteiger partial charge in [-0.15, -0.1) is 0 Å². The lowest BCUT2D eigenvalue weighted by Crippen LogP contribution is -2.64. The Morgan fingerprint density at radius 3 is 1.93 bits per heavy atom. The number of carbonyl (C=O) groups is 15. The number of rotatable bonds is 34. The van der Waals surface area contributed by atoms with Gasteiger partial charge in [-0.2, -0.15) is 0 Å². The van der Waals surface area contributed by atoms with Crippen molar-refractivity contribution in [2.24, 2.45) is 29.4 Å². The number of nitrogens with two attached hydrogens (primary N) is 1. The average molecular weight is 1610 g/mol. The summed E-state index contributed by atoms with van der Waals surface area (Å²) < 4.78 is 40.7. The molecule has 37 heteroatoms. The predicted octanol–water partition coefficient (Wildman–Crippen LogP) is 0.0300. The van der Waals surface area contributed by atoms with Crippen molar-refractivity contribution in [3.63, 3.8) is 0 Å². The highest BCUT2D eigenvalue weighted by molar-refractivity contribution is 6.02. The van der Waals surface area contributed by atoms with Gasteiger partial charge in [-0.25, -0.2) is 19.2 Å². The minimum atomic E-state index is -2.04. The van der Waals surface area contributed by atoms with Gasteiger partial charge >= 0.3 is 24.1 Å². The first-order valence-electron chi connectivity index (χ1n) is 37.7. The monoisotopic (exact) mass is 1610 g/mol. The molecule has 37 nitrogen and oxygen atoms in total. The zero-order valence-electron chi connectivity index (χ0n) is 67.8. The van der Waals surface area contributed by atoms with Crippen molar-refractivity contribution in [2.75, 3.05) is 59.9 Å². The highest BCUT2D eigenvalue weighted by Gasteiger charge is 2.48. The lowest BCUT2D eigenvalue weighted by molar-refractivity contribution is -0.177. The highest BCUT2D eigenvalue weighted by atomic mass is 16.7. The van der Waals surface area contributed by atoms with E-state index in [0.29, 0.717) is 11.1 Å². The van der Waals surface area contributed by atoms with Gasteiger partial charge in [0.05, 0.1) is 19.3 Å². The molecule has 0 spiro atoms. The number of aliphatic hydroxyl groups excluding tert-OH is 2. The van der Waals surface area contributed by atoms with Crippen LogP contribution in [0.5, 0.6) is 0 Å². The second-order valence-electron chi connectivity index (χ2n) is 29.1. The quantitative estimate of drug-likeness (QED) is 0.0145. The number of amides is 11. The maximum atomic E-state index is 15.7. The summed E-state index contributed by atoms with van der Waals surface area (Å²) in [7, 11) is 4.72. The van der Waals surface area contributed by atoms with E-state index in [1.54, 1.807) is 44.2 Å². The van der Waals surface area contributed by atoms with Gasteiger partial charge < -0.3 is 100 Å². The van der Waals surface area contributed by atoms with E-state index in [-0.39, 0.29) is 70.0 Å². The summed E-state index contributed by atoms with van der Waals surface area (Å²) in [6, 6.07) is 1.32. The molecule has 0 aromatic heterocycles. The van der Waals surface area contributed by atoms with Crippen LogP contribution in [-0.2, 0) is 113 Å². The molecule has 1 saturated heterocycles. The van der Waals surface area contributed by atoms with E-state index in [9.17, 15) is 67.7 Å². The van der Waals surface area contributed by atoms with Gasteiger partial charge in [0.15, 0.2) is 30.6 Å². The minimum absolute atomic E-state index is 0.0285. The molecule has 4 rings (SSSR count). The summed E-state index contributed by atoms with van der Waals surface area (Å²) in [5.41, 5.74) is 5.97. The number of methoxy groups -OCH3 is 1. The fraction of sp³-hybridized carbons (Fsp3) is 0.597. The van der Waals surface area contributed by atoms with E-state index in [4.69, 9.17) is 38.9 Å². The molecule has 12 N–H and O–H groups in total. The van der Waals surface area contributed by atoms with E-state index >= 15 is 14.4 Å². The summed E-state index contributed by atoms with van der Waals surface area (Å²) in [6.45, 7) is 22.5. The van der Waals surface area contributed by atoms with E-state index in [2.05, 4.69) is 49.1 Å². The third-order valence-electron chi connectivity index (χ3n) is 18.9. The first kappa shape index (κ1) is 95.9. The fourth-order valence-corrected chi connectivity index (χ4v) is 11.9. The molecule has 0 bridgehead atoms. The molecule has 11 amide bonds. The zero-order chi connectivity index (χ0) is 85.7. The molecule has 2 aliphatic heterocycles. The summed E-state index contributed by atoms with van der Waals surface area (Å²) in [6.07, 6.45) is -9.70.